The Bertz CT molecular complexity index is 1010. The van der Waals surface area contributed by atoms with E-state index in [0.29, 0.717) is 0 Å². The smallest absolute Gasteiger partial charge is 0.217 e. The Balaban J connectivity index is 1.40. The van der Waals surface area contributed by atoms with Gasteiger partial charge in [0, 0.05) is 57.2 Å². The fourth-order valence-corrected chi connectivity index (χ4v) is 4.74. The van der Waals surface area contributed by atoms with Crippen LogP contribution >= 0.6 is 0 Å². The molecular formula is C23H30N6O. The lowest BCUT2D eigenvalue weighted by molar-refractivity contribution is 0.0878. The van der Waals surface area contributed by atoms with Gasteiger partial charge in [-0.3, -0.25) is 14.2 Å². The van der Waals surface area contributed by atoms with Gasteiger partial charge in [0.05, 0.1) is 18.8 Å². The predicted octanol–water partition coefficient (Wildman–Crippen LogP) is 2.83. The van der Waals surface area contributed by atoms with Crippen molar-refractivity contribution in [3.63, 3.8) is 0 Å². The molecule has 0 aromatic carbocycles. The van der Waals surface area contributed by atoms with Crippen LogP contribution in [-0.4, -0.2) is 71.0 Å². The molecule has 0 aliphatic carbocycles. The SMILES string of the molecule is COc1ncccc1CN1CCN(C)C(c2cn3c(N4CCCC4)cccc3n2)C1. The molecule has 158 valence electrons. The first kappa shape index (κ1) is 19.3. The molecule has 2 fully saturated rings. The van der Waals surface area contributed by atoms with Crippen LogP contribution in [0.5, 0.6) is 5.88 Å². The highest BCUT2D eigenvalue weighted by atomic mass is 16.5. The molecule has 0 bridgehead atoms. The highest BCUT2D eigenvalue weighted by Crippen LogP contribution is 2.28. The number of hydrogen-bond donors (Lipinski definition) is 0. The summed E-state index contributed by atoms with van der Waals surface area (Å²) in [6, 6.07) is 10.8. The second kappa shape index (κ2) is 8.24. The number of anilines is 1. The Morgan fingerprint density at radius 3 is 2.77 bits per heavy atom. The van der Waals surface area contributed by atoms with E-state index in [1.165, 1.54) is 18.7 Å². The van der Waals surface area contributed by atoms with Crippen LogP contribution in [0.4, 0.5) is 5.82 Å². The number of aromatic nitrogens is 3. The Kier molecular flexibility index (Phi) is 5.31. The summed E-state index contributed by atoms with van der Waals surface area (Å²) < 4.78 is 7.73. The zero-order valence-electron chi connectivity index (χ0n) is 17.9. The summed E-state index contributed by atoms with van der Waals surface area (Å²) >= 11 is 0. The van der Waals surface area contributed by atoms with E-state index < -0.39 is 0 Å². The van der Waals surface area contributed by atoms with Gasteiger partial charge < -0.3 is 9.64 Å². The summed E-state index contributed by atoms with van der Waals surface area (Å²) in [7, 11) is 3.89. The van der Waals surface area contributed by atoms with Crippen molar-refractivity contribution >= 4 is 11.5 Å². The molecule has 0 saturated carbocycles. The van der Waals surface area contributed by atoms with E-state index in [1.807, 2.05) is 6.07 Å². The number of ether oxygens (including phenoxy) is 1. The van der Waals surface area contributed by atoms with E-state index in [2.05, 4.69) is 61.6 Å². The van der Waals surface area contributed by atoms with Gasteiger partial charge in [-0.05, 0) is 38.1 Å². The van der Waals surface area contributed by atoms with Gasteiger partial charge in [0.1, 0.15) is 11.5 Å². The monoisotopic (exact) mass is 406 g/mol. The normalized spacial score (nSPS) is 20.9. The number of hydrogen-bond acceptors (Lipinski definition) is 6. The molecule has 0 amide bonds. The first-order chi connectivity index (χ1) is 14.7. The van der Waals surface area contributed by atoms with Crippen LogP contribution in [0.25, 0.3) is 5.65 Å². The number of fused-ring (bicyclic) bond motifs is 1. The van der Waals surface area contributed by atoms with Crippen molar-refractivity contribution in [2.24, 2.45) is 0 Å². The van der Waals surface area contributed by atoms with Crippen molar-refractivity contribution < 1.29 is 4.74 Å². The molecule has 2 aliphatic heterocycles. The van der Waals surface area contributed by atoms with Gasteiger partial charge >= 0.3 is 0 Å². The second-order valence-electron chi connectivity index (χ2n) is 8.38. The van der Waals surface area contributed by atoms with Crippen molar-refractivity contribution in [3.05, 3.63) is 54.0 Å². The van der Waals surface area contributed by atoms with Gasteiger partial charge in [-0.25, -0.2) is 9.97 Å². The first-order valence-electron chi connectivity index (χ1n) is 10.9. The van der Waals surface area contributed by atoms with E-state index in [4.69, 9.17) is 9.72 Å². The number of methoxy groups -OCH3 is 1. The molecule has 7 heteroatoms. The van der Waals surface area contributed by atoms with E-state index >= 15 is 0 Å². The fourth-order valence-electron chi connectivity index (χ4n) is 4.74. The van der Waals surface area contributed by atoms with Crippen molar-refractivity contribution in [2.45, 2.75) is 25.4 Å². The van der Waals surface area contributed by atoms with Crippen molar-refractivity contribution in [1.29, 1.82) is 0 Å². The lowest BCUT2D eigenvalue weighted by Crippen LogP contribution is -2.46. The second-order valence-corrected chi connectivity index (χ2v) is 8.38. The van der Waals surface area contributed by atoms with Crippen LogP contribution in [0.1, 0.15) is 30.1 Å². The standard InChI is InChI=1S/C23H30N6O/c1-26-13-14-27(15-18-7-6-10-24-23(18)30-2)17-20(26)19-16-29-21(25-19)8-5-9-22(29)28-11-3-4-12-28/h5-10,16,20H,3-4,11-15,17H2,1-2H3. The van der Waals surface area contributed by atoms with E-state index in [9.17, 15) is 0 Å². The Morgan fingerprint density at radius 1 is 1.07 bits per heavy atom. The minimum absolute atomic E-state index is 0.271. The van der Waals surface area contributed by atoms with Gasteiger partial charge in [0.25, 0.3) is 0 Å². The topological polar surface area (TPSA) is 49.1 Å². The number of imidazole rings is 1. The van der Waals surface area contributed by atoms with Crippen LogP contribution in [0.3, 0.4) is 0 Å². The minimum Gasteiger partial charge on any atom is -0.481 e. The Labute approximate surface area is 177 Å². The quantitative estimate of drug-likeness (QED) is 0.649. The molecule has 5 rings (SSSR count). The van der Waals surface area contributed by atoms with Gasteiger partial charge in [-0.2, -0.15) is 0 Å². The maximum Gasteiger partial charge on any atom is 0.217 e. The molecule has 0 radical (unpaired) electrons. The van der Waals surface area contributed by atoms with Crippen LogP contribution in [-0.2, 0) is 6.54 Å². The number of pyridine rings is 2. The zero-order chi connectivity index (χ0) is 20.5. The predicted molar refractivity (Wildman–Crippen MR) is 118 cm³/mol. The highest BCUT2D eigenvalue weighted by molar-refractivity contribution is 5.53. The van der Waals surface area contributed by atoms with Crippen molar-refractivity contribution in [2.75, 3.05) is 51.8 Å². The van der Waals surface area contributed by atoms with Crippen LogP contribution in [0.15, 0.2) is 42.7 Å². The molecule has 3 aromatic rings. The van der Waals surface area contributed by atoms with E-state index in [-0.39, 0.29) is 6.04 Å². The molecule has 5 heterocycles. The number of rotatable bonds is 5. The fraction of sp³-hybridized carbons (Fsp3) is 0.478. The summed E-state index contributed by atoms with van der Waals surface area (Å²) in [5.74, 6) is 1.98. The molecule has 3 aromatic heterocycles. The van der Waals surface area contributed by atoms with Crippen LogP contribution < -0.4 is 9.64 Å². The maximum atomic E-state index is 5.45. The lowest BCUT2D eigenvalue weighted by Gasteiger charge is -2.38. The molecule has 0 N–H and O–H groups in total. The number of likely N-dealkylation sites (N-methyl/N-ethyl adjacent to an activating group) is 1. The largest absolute Gasteiger partial charge is 0.481 e. The van der Waals surface area contributed by atoms with E-state index in [0.717, 1.165) is 62.1 Å². The molecule has 30 heavy (non-hydrogen) atoms. The molecule has 1 atom stereocenters. The third kappa shape index (κ3) is 3.63. The van der Waals surface area contributed by atoms with Gasteiger partial charge in [0.2, 0.25) is 5.88 Å². The summed E-state index contributed by atoms with van der Waals surface area (Å²) in [5, 5.41) is 0. The van der Waals surface area contributed by atoms with Gasteiger partial charge in [-0.1, -0.05) is 12.1 Å². The number of piperazine rings is 1. The zero-order valence-corrected chi connectivity index (χ0v) is 17.9. The first-order valence-corrected chi connectivity index (χ1v) is 10.9. The third-order valence-corrected chi connectivity index (χ3v) is 6.43. The maximum absolute atomic E-state index is 5.45. The highest BCUT2D eigenvalue weighted by Gasteiger charge is 2.29. The molecule has 2 aliphatic rings. The third-order valence-electron chi connectivity index (χ3n) is 6.43. The summed E-state index contributed by atoms with van der Waals surface area (Å²) in [6.45, 7) is 6.09. The van der Waals surface area contributed by atoms with Gasteiger partial charge in [0.15, 0.2) is 0 Å². The molecular weight excluding hydrogens is 376 g/mol. The van der Waals surface area contributed by atoms with Gasteiger partial charge in [-0.15, -0.1) is 0 Å². The van der Waals surface area contributed by atoms with Crippen LogP contribution in [0, 0.1) is 0 Å². The van der Waals surface area contributed by atoms with E-state index in [1.54, 1.807) is 13.3 Å². The lowest BCUT2D eigenvalue weighted by atomic mass is 10.1. The Hall–Kier alpha value is -2.64. The molecule has 2 saturated heterocycles. The molecule has 0 spiro atoms. The molecule has 7 nitrogen and oxygen atoms in total. The molecule has 1 unspecified atom stereocenters. The summed E-state index contributed by atoms with van der Waals surface area (Å²) in [4.78, 5) is 16.8. The average molecular weight is 407 g/mol. The number of nitrogens with zero attached hydrogens (tertiary/aromatic N) is 6. The minimum atomic E-state index is 0.271. The summed E-state index contributed by atoms with van der Waals surface area (Å²) in [6.07, 6.45) is 6.58. The Morgan fingerprint density at radius 2 is 1.93 bits per heavy atom. The van der Waals surface area contributed by atoms with Crippen molar-refractivity contribution in [1.82, 2.24) is 24.2 Å². The van der Waals surface area contributed by atoms with Crippen LogP contribution in [0.2, 0.25) is 0 Å². The van der Waals surface area contributed by atoms with Crippen molar-refractivity contribution in [3.8, 4) is 5.88 Å². The average Bonchev–Trinajstić information content (AvgIpc) is 3.45. The summed E-state index contributed by atoms with van der Waals surface area (Å²) in [5.41, 5.74) is 3.32.